The van der Waals surface area contributed by atoms with Crippen LogP contribution in [-0.4, -0.2) is 68.3 Å². The molecule has 0 radical (unpaired) electrons. The summed E-state index contributed by atoms with van der Waals surface area (Å²) in [5.74, 6) is 1.62. The summed E-state index contributed by atoms with van der Waals surface area (Å²) in [6.45, 7) is -1.02. The van der Waals surface area contributed by atoms with Gasteiger partial charge in [0.15, 0.2) is 0 Å². The number of pyridine rings is 1. The SMILES string of the molecule is [2H]C([2H])([2H])N(C[C@H](C)Nc1ccc2nc3n(c2c1)C[C@H](C1CC1)CCCOc1c(cnn1C)-c1cc(cc(C)n1)C(=O)N3)C([2H])([2H])[2H]. The molecule has 3 aromatic heterocycles. The van der Waals surface area contributed by atoms with Gasteiger partial charge in [-0.05, 0) is 95.7 Å². The van der Waals surface area contributed by atoms with Gasteiger partial charge >= 0.3 is 0 Å². The van der Waals surface area contributed by atoms with Gasteiger partial charge in [0.05, 0.1) is 35.1 Å². The van der Waals surface area contributed by atoms with Crippen molar-refractivity contribution >= 4 is 28.6 Å². The Kier molecular flexibility index (Phi) is 5.68. The summed E-state index contributed by atoms with van der Waals surface area (Å²) < 4.78 is 56.3. The van der Waals surface area contributed by atoms with Crippen LogP contribution in [-0.2, 0) is 13.6 Å². The number of carbonyl (C=O) groups is 1. The predicted octanol–water partition coefficient (Wildman–Crippen LogP) is 4.95. The second kappa shape index (κ2) is 11.2. The van der Waals surface area contributed by atoms with Crippen LogP contribution >= 0.6 is 0 Å². The molecule has 1 aliphatic heterocycles. The Bertz CT molecular complexity index is 1760. The zero-order valence-corrected chi connectivity index (χ0v) is 23.6. The van der Waals surface area contributed by atoms with E-state index in [4.69, 9.17) is 17.9 Å². The molecule has 4 aromatic rings. The van der Waals surface area contributed by atoms with E-state index in [1.165, 1.54) is 0 Å². The van der Waals surface area contributed by atoms with E-state index in [1.807, 2.05) is 32.2 Å². The molecule has 10 nitrogen and oxygen atoms in total. The van der Waals surface area contributed by atoms with E-state index in [0.717, 1.165) is 36.8 Å². The summed E-state index contributed by atoms with van der Waals surface area (Å²) in [7, 11) is 1.83. The van der Waals surface area contributed by atoms with Crippen LogP contribution in [0.5, 0.6) is 5.88 Å². The van der Waals surface area contributed by atoms with Crippen LogP contribution < -0.4 is 15.4 Å². The van der Waals surface area contributed by atoms with Crippen LogP contribution in [0.3, 0.4) is 0 Å². The maximum atomic E-state index is 13.8. The molecule has 0 spiro atoms. The lowest BCUT2D eigenvalue weighted by atomic mass is 9.97. The molecular weight excluding hydrogens is 516 g/mol. The largest absolute Gasteiger partial charge is 0.477 e. The Morgan fingerprint density at radius 2 is 2.05 bits per heavy atom. The molecule has 4 heterocycles. The fourth-order valence-electron chi connectivity index (χ4n) is 5.77. The van der Waals surface area contributed by atoms with Gasteiger partial charge < -0.3 is 19.5 Å². The molecule has 2 N–H and O–H groups in total. The Labute approximate surface area is 249 Å². The number of imidazole rings is 1. The minimum atomic E-state index is -2.77. The second-order valence-electron chi connectivity index (χ2n) is 11.3. The average Bonchev–Trinajstić information content (AvgIpc) is 3.69. The van der Waals surface area contributed by atoms with Crippen LogP contribution in [0.2, 0.25) is 0 Å². The smallest absolute Gasteiger partial charge is 0.258 e. The molecule has 1 saturated carbocycles. The summed E-state index contributed by atoms with van der Waals surface area (Å²) in [6, 6.07) is 8.56. The quantitative estimate of drug-likeness (QED) is 0.355. The molecule has 1 amide bonds. The third kappa shape index (κ3) is 5.93. The number of rotatable bonds is 5. The van der Waals surface area contributed by atoms with Gasteiger partial charge in [0, 0.05) is 51.3 Å². The van der Waals surface area contributed by atoms with Gasteiger partial charge in [-0.2, -0.15) is 5.10 Å². The lowest BCUT2D eigenvalue weighted by Crippen LogP contribution is -2.29. The van der Waals surface area contributed by atoms with Gasteiger partial charge in [-0.1, -0.05) is 0 Å². The molecular formula is C31H40N8O2. The zero-order valence-electron chi connectivity index (χ0n) is 29.6. The molecule has 6 rings (SSSR count). The number of aryl methyl sites for hydroxylation is 2. The number of hydrogen-bond acceptors (Lipinski definition) is 7. The molecule has 1 aromatic carbocycles. The number of anilines is 2. The van der Waals surface area contributed by atoms with Crippen molar-refractivity contribution in [3.05, 3.63) is 47.8 Å². The Hall–Kier alpha value is -3.92. The van der Waals surface area contributed by atoms with Crippen LogP contribution in [0.25, 0.3) is 22.3 Å². The van der Waals surface area contributed by atoms with Crippen molar-refractivity contribution in [2.75, 3.05) is 37.7 Å². The number of likely N-dealkylation sites (N-methyl/N-ethyl adjacent to an activating group) is 1. The van der Waals surface area contributed by atoms with Gasteiger partial charge in [0.1, 0.15) is 0 Å². The maximum absolute atomic E-state index is 13.8. The molecule has 0 saturated heterocycles. The predicted molar refractivity (Wildman–Crippen MR) is 161 cm³/mol. The number of nitrogens with zero attached hydrogens (tertiary/aromatic N) is 6. The van der Waals surface area contributed by atoms with Crippen LogP contribution in [0, 0.1) is 18.8 Å². The van der Waals surface area contributed by atoms with E-state index in [9.17, 15) is 4.79 Å². The van der Waals surface area contributed by atoms with E-state index >= 15 is 0 Å². The molecule has 41 heavy (non-hydrogen) atoms. The Morgan fingerprint density at radius 3 is 2.85 bits per heavy atom. The maximum Gasteiger partial charge on any atom is 0.258 e. The number of hydrogen-bond donors (Lipinski definition) is 2. The van der Waals surface area contributed by atoms with Crippen molar-refractivity contribution in [1.82, 2.24) is 29.2 Å². The highest BCUT2D eigenvalue weighted by molar-refractivity contribution is 6.05. The van der Waals surface area contributed by atoms with Gasteiger partial charge in [0.25, 0.3) is 5.91 Å². The summed E-state index contributed by atoms with van der Waals surface area (Å²) in [4.78, 5) is 23.8. The zero-order chi connectivity index (χ0) is 33.7. The number of benzene rings is 1. The van der Waals surface area contributed by atoms with Gasteiger partial charge in [-0.25, -0.2) is 9.67 Å². The van der Waals surface area contributed by atoms with Gasteiger partial charge in [-0.3, -0.25) is 15.1 Å². The van der Waals surface area contributed by atoms with Gasteiger partial charge in [0.2, 0.25) is 11.8 Å². The summed E-state index contributed by atoms with van der Waals surface area (Å²) in [5, 5.41) is 10.7. The third-order valence-electron chi connectivity index (χ3n) is 7.88. The first-order valence-electron chi connectivity index (χ1n) is 17.2. The van der Waals surface area contributed by atoms with Crippen molar-refractivity contribution in [3.8, 4) is 17.1 Å². The molecule has 2 aliphatic rings. The number of amides is 1. The normalized spacial score (nSPS) is 21.4. The number of nitrogens with one attached hydrogen (secondary N) is 2. The molecule has 216 valence electrons. The fraction of sp³-hybridized carbons (Fsp3) is 0.484. The van der Waals surface area contributed by atoms with E-state index in [0.29, 0.717) is 69.9 Å². The minimum Gasteiger partial charge on any atom is -0.477 e. The average molecular weight is 563 g/mol. The highest BCUT2D eigenvalue weighted by Gasteiger charge is 2.32. The number of carbonyl (C=O) groups excluding carboxylic acids is 1. The van der Waals surface area contributed by atoms with Crippen molar-refractivity contribution in [1.29, 1.82) is 0 Å². The summed E-state index contributed by atoms with van der Waals surface area (Å²) in [5.41, 5.74) is 4.60. The monoisotopic (exact) mass is 562 g/mol. The standard InChI is InChI=1S/C31H40N8O2/c1-19-13-23-14-27(34-19)25-16-32-38(5)30(25)41-12-6-7-22(21-8-9-21)18-39-28-15-24(33-20(2)17-37(3)4)10-11-26(28)35-31(39)36-29(23)40/h10-11,13-16,20-22,33H,6-9,12,17-18H2,1-5H3,(H,35,36,40)/t20-,22+/m0/s1/i3D3,4D3. The Morgan fingerprint density at radius 1 is 1.20 bits per heavy atom. The second-order valence-corrected chi connectivity index (χ2v) is 11.3. The molecule has 2 bridgehead atoms. The molecule has 1 aliphatic carbocycles. The molecule has 0 unspecified atom stereocenters. The first-order chi connectivity index (χ1) is 22.2. The van der Waals surface area contributed by atoms with Crippen LogP contribution in [0.4, 0.5) is 11.6 Å². The Balaban J connectivity index is 1.35. The van der Waals surface area contributed by atoms with Gasteiger partial charge in [-0.15, -0.1) is 0 Å². The number of ether oxygens (including phenoxy) is 1. The van der Waals surface area contributed by atoms with E-state index in [2.05, 4.69) is 25.3 Å². The summed E-state index contributed by atoms with van der Waals surface area (Å²) in [6.07, 6.45) is 5.76. The van der Waals surface area contributed by atoms with E-state index < -0.39 is 20.0 Å². The lowest BCUT2D eigenvalue weighted by Gasteiger charge is -2.21. The molecule has 2 atom stereocenters. The van der Waals surface area contributed by atoms with Crippen molar-refractivity contribution in [2.45, 2.75) is 52.1 Å². The highest BCUT2D eigenvalue weighted by Crippen LogP contribution is 2.41. The van der Waals surface area contributed by atoms with E-state index in [-0.39, 0.29) is 12.5 Å². The van der Waals surface area contributed by atoms with Crippen molar-refractivity contribution < 1.29 is 17.8 Å². The molecule has 1 fully saturated rings. The summed E-state index contributed by atoms with van der Waals surface area (Å²) >= 11 is 0. The highest BCUT2D eigenvalue weighted by atomic mass is 16.5. The topological polar surface area (TPSA) is 102 Å². The lowest BCUT2D eigenvalue weighted by molar-refractivity contribution is 0.102. The first-order valence-corrected chi connectivity index (χ1v) is 14.2. The van der Waals surface area contributed by atoms with Crippen LogP contribution in [0.15, 0.2) is 36.5 Å². The number of fused-ring (bicyclic) bond motifs is 7. The fourth-order valence-corrected chi connectivity index (χ4v) is 5.77. The van der Waals surface area contributed by atoms with Crippen molar-refractivity contribution in [2.24, 2.45) is 18.9 Å². The van der Waals surface area contributed by atoms with E-state index in [1.54, 1.807) is 29.9 Å². The van der Waals surface area contributed by atoms with Crippen molar-refractivity contribution in [3.63, 3.8) is 0 Å². The van der Waals surface area contributed by atoms with Crippen LogP contribution in [0.1, 0.15) is 56.9 Å². The first kappa shape index (κ1) is 20.9. The number of aromatic nitrogens is 5. The third-order valence-corrected chi connectivity index (χ3v) is 7.88. The molecule has 10 heteroatoms. The minimum absolute atomic E-state index is 0.218.